The van der Waals surface area contributed by atoms with Crippen molar-refractivity contribution in [1.29, 1.82) is 0 Å². The van der Waals surface area contributed by atoms with Gasteiger partial charge in [-0.05, 0) is 24.0 Å². The molecule has 0 saturated heterocycles. The van der Waals surface area contributed by atoms with Crippen molar-refractivity contribution in [1.82, 2.24) is 5.01 Å². The Balaban J connectivity index is 0. The first-order valence-corrected chi connectivity index (χ1v) is 4.85. The topological polar surface area (TPSA) is 86.3 Å². The maximum absolute atomic E-state index is 9.60. The molecule has 0 spiro atoms. The van der Waals surface area contributed by atoms with Crippen LogP contribution < -0.4 is 40.5 Å². The van der Waals surface area contributed by atoms with Gasteiger partial charge < -0.3 is 16.0 Å². The summed E-state index contributed by atoms with van der Waals surface area (Å²) < 4.78 is 0. The van der Waals surface area contributed by atoms with E-state index in [1.165, 1.54) is 0 Å². The molecule has 0 aliphatic heterocycles. The molecule has 84 valence electrons. The van der Waals surface area contributed by atoms with Gasteiger partial charge in [0, 0.05) is 18.4 Å². The molecular weight excluding hydrogens is 207 g/mol. The van der Waals surface area contributed by atoms with Crippen LogP contribution in [-0.2, 0) is 4.99 Å². The van der Waals surface area contributed by atoms with Crippen molar-refractivity contribution < 1.29 is 39.8 Å². The first-order valence-electron chi connectivity index (χ1n) is 4.85. The molecule has 0 amide bonds. The van der Waals surface area contributed by atoms with E-state index in [1.54, 1.807) is 5.01 Å². The Bertz CT molecular complexity index is 158. The molecule has 7 heteroatoms. The fourth-order valence-electron chi connectivity index (χ4n) is 1.10. The SMILES string of the molecule is CC(C)CCCN(CCN)/N=N/O[O-].[Na+]. The first-order chi connectivity index (χ1) is 6.70. The number of nitrogens with zero attached hydrogens (tertiary/aromatic N) is 3. The zero-order valence-corrected chi connectivity index (χ0v) is 11.8. The minimum absolute atomic E-state index is 0. The Kier molecular flexibility index (Phi) is 14.2. The van der Waals surface area contributed by atoms with Crippen molar-refractivity contribution in [3.05, 3.63) is 0 Å². The Morgan fingerprint density at radius 3 is 2.53 bits per heavy atom. The van der Waals surface area contributed by atoms with Gasteiger partial charge in [-0.2, -0.15) is 0 Å². The summed E-state index contributed by atoms with van der Waals surface area (Å²) in [4.78, 5) is 3.27. The molecule has 0 rings (SSSR count). The fraction of sp³-hybridized carbons (Fsp3) is 1.00. The predicted octanol–water partition coefficient (Wildman–Crippen LogP) is -2.74. The number of hydrogen-bond donors (Lipinski definition) is 1. The van der Waals surface area contributed by atoms with Crippen molar-refractivity contribution in [2.24, 2.45) is 22.2 Å². The van der Waals surface area contributed by atoms with Crippen molar-refractivity contribution in [2.45, 2.75) is 26.7 Å². The molecule has 2 N–H and O–H groups in total. The maximum Gasteiger partial charge on any atom is 1.00 e. The molecule has 0 aromatic carbocycles. The second-order valence-electron chi connectivity index (χ2n) is 3.52. The van der Waals surface area contributed by atoms with Crippen LogP contribution >= 0.6 is 0 Å². The van der Waals surface area contributed by atoms with Gasteiger partial charge >= 0.3 is 29.6 Å². The van der Waals surface area contributed by atoms with Gasteiger partial charge in [-0.15, -0.1) is 0 Å². The minimum atomic E-state index is 0. The smallest absolute Gasteiger partial charge is 0.636 e. The van der Waals surface area contributed by atoms with Crippen LogP contribution in [0, 0.1) is 5.92 Å². The summed E-state index contributed by atoms with van der Waals surface area (Å²) in [6, 6.07) is 0. The van der Waals surface area contributed by atoms with Crippen molar-refractivity contribution >= 4 is 0 Å². The van der Waals surface area contributed by atoms with Crippen LogP contribution in [0.4, 0.5) is 0 Å². The van der Waals surface area contributed by atoms with Crippen LogP contribution in [0.5, 0.6) is 0 Å². The fourth-order valence-corrected chi connectivity index (χ4v) is 1.10. The van der Waals surface area contributed by atoms with E-state index in [4.69, 9.17) is 5.73 Å². The quantitative estimate of drug-likeness (QED) is 0.210. The molecule has 6 nitrogen and oxygen atoms in total. The summed E-state index contributed by atoms with van der Waals surface area (Å²) in [5.41, 5.74) is 5.37. The molecule has 0 saturated carbocycles. The van der Waals surface area contributed by atoms with E-state index in [1.807, 2.05) is 0 Å². The molecular formula is C8H19N4NaO2. The second-order valence-corrected chi connectivity index (χ2v) is 3.52. The van der Waals surface area contributed by atoms with Crippen LogP contribution in [0.2, 0.25) is 0 Å². The van der Waals surface area contributed by atoms with Gasteiger partial charge in [0.25, 0.3) is 0 Å². The third-order valence-electron chi connectivity index (χ3n) is 1.78. The summed E-state index contributed by atoms with van der Waals surface area (Å²) in [6.07, 6.45) is 2.13. The van der Waals surface area contributed by atoms with Crippen LogP contribution in [-0.4, -0.2) is 24.6 Å². The molecule has 0 fully saturated rings. The monoisotopic (exact) mass is 226 g/mol. The van der Waals surface area contributed by atoms with Gasteiger partial charge in [0.1, 0.15) is 0 Å². The Labute approximate surface area is 113 Å². The third-order valence-corrected chi connectivity index (χ3v) is 1.78. The molecule has 0 bridgehead atoms. The zero-order valence-electron chi connectivity index (χ0n) is 9.85. The molecule has 0 radical (unpaired) electrons. The normalized spacial score (nSPS) is 10.5. The van der Waals surface area contributed by atoms with Crippen molar-refractivity contribution in [3.63, 3.8) is 0 Å². The van der Waals surface area contributed by atoms with Crippen LogP contribution in [0.15, 0.2) is 10.5 Å². The van der Waals surface area contributed by atoms with Crippen LogP contribution in [0.3, 0.4) is 0 Å². The largest absolute Gasteiger partial charge is 1.00 e. The summed E-state index contributed by atoms with van der Waals surface area (Å²) >= 11 is 0. The van der Waals surface area contributed by atoms with Crippen molar-refractivity contribution in [3.8, 4) is 0 Å². The van der Waals surface area contributed by atoms with Gasteiger partial charge in [0.2, 0.25) is 0 Å². The molecule has 0 atom stereocenters. The Morgan fingerprint density at radius 1 is 1.40 bits per heavy atom. The average Bonchev–Trinajstić information content (AvgIpc) is 2.13. The van der Waals surface area contributed by atoms with E-state index in [0.29, 0.717) is 19.0 Å². The minimum Gasteiger partial charge on any atom is -0.636 e. The zero-order chi connectivity index (χ0) is 10.8. The molecule has 0 aliphatic rings. The third kappa shape index (κ3) is 12.0. The summed E-state index contributed by atoms with van der Waals surface area (Å²) in [6.45, 7) is 6.15. The predicted molar refractivity (Wildman–Crippen MR) is 50.6 cm³/mol. The molecule has 0 aliphatic carbocycles. The van der Waals surface area contributed by atoms with Gasteiger partial charge in [-0.25, -0.2) is 0 Å². The Hall–Kier alpha value is 0.120. The van der Waals surface area contributed by atoms with E-state index in [0.717, 1.165) is 19.4 Å². The van der Waals surface area contributed by atoms with Gasteiger partial charge in [0.15, 0.2) is 0 Å². The standard InChI is InChI=1S/C8H20N4O2.Na/c1-8(2)4-3-6-12(7-5-9)10-11-14-13;/h8,13H,3-7,9H2,1-2H3;/q;+1/p-1/b11-10+;. The molecule has 0 aromatic heterocycles. The van der Waals surface area contributed by atoms with E-state index in [9.17, 15) is 5.26 Å². The molecule has 0 heterocycles. The van der Waals surface area contributed by atoms with Crippen molar-refractivity contribution in [2.75, 3.05) is 19.6 Å². The summed E-state index contributed by atoms with van der Waals surface area (Å²) in [5.74, 6) is 0.669. The summed E-state index contributed by atoms with van der Waals surface area (Å²) in [5, 5.41) is 17.7. The van der Waals surface area contributed by atoms with E-state index < -0.39 is 0 Å². The van der Waals surface area contributed by atoms with Crippen LogP contribution in [0.1, 0.15) is 26.7 Å². The molecule has 0 unspecified atom stereocenters. The summed E-state index contributed by atoms with van der Waals surface area (Å²) in [7, 11) is 0. The van der Waals surface area contributed by atoms with Gasteiger partial charge in [0.05, 0.1) is 6.54 Å². The number of hydrogen-bond acceptors (Lipinski definition) is 5. The van der Waals surface area contributed by atoms with Crippen LogP contribution in [0.25, 0.3) is 0 Å². The Morgan fingerprint density at radius 2 is 2.07 bits per heavy atom. The maximum atomic E-state index is 9.60. The van der Waals surface area contributed by atoms with E-state index in [-0.39, 0.29) is 29.6 Å². The van der Waals surface area contributed by atoms with E-state index in [2.05, 4.69) is 29.3 Å². The van der Waals surface area contributed by atoms with Gasteiger partial charge in [-0.3, -0.25) is 5.01 Å². The number of nitrogens with two attached hydrogens (primary N) is 1. The molecule has 15 heavy (non-hydrogen) atoms. The van der Waals surface area contributed by atoms with Gasteiger partial charge in [-0.1, -0.05) is 13.8 Å². The second kappa shape index (κ2) is 12.2. The first kappa shape index (κ1) is 17.5. The average molecular weight is 226 g/mol. The molecule has 0 aromatic rings. The van der Waals surface area contributed by atoms with E-state index >= 15 is 0 Å². The number of rotatable bonds is 8.